The van der Waals surface area contributed by atoms with Gasteiger partial charge in [-0.2, -0.15) is 5.10 Å². The molecule has 1 heterocycles. The maximum absolute atomic E-state index is 10.9. The van der Waals surface area contributed by atoms with Crippen LogP contribution < -0.4 is 0 Å². The van der Waals surface area contributed by atoms with E-state index in [-0.39, 0.29) is 0 Å². The Bertz CT molecular complexity index is 427. The molecule has 0 bridgehead atoms. The van der Waals surface area contributed by atoms with Crippen LogP contribution in [0.1, 0.15) is 71.7 Å². The van der Waals surface area contributed by atoms with E-state index in [9.17, 15) is 5.11 Å². The summed E-state index contributed by atoms with van der Waals surface area (Å²) < 4.78 is 1.93. The summed E-state index contributed by atoms with van der Waals surface area (Å²) in [5.41, 5.74) is -0.594. The van der Waals surface area contributed by atoms with Gasteiger partial charge in [-0.05, 0) is 44.9 Å². The Balaban J connectivity index is 2.05. The maximum atomic E-state index is 10.9. The molecule has 2 atom stereocenters. The molecule has 4 nitrogen and oxygen atoms in total. The van der Waals surface area contributed by atoms with Crippen LogP contribution in [-0.2, 0) is 6.42 Å². The highest BCUT2D eigenvalue weighted by atomic mass is 16.3. The molecule has 0 amide bonds. The summed E-state index contributed by atoms with van der Waals surface area (Å²) >= 11 is 0. The molecule has 0 aliphatic heterocycles. The van der Waals surface area contributed by atoms with Gasteiger partial charge in [0.05, 0.1) is 5.60 Å². The van der Waals surface area contributed by atoms with E-state index >= 15 is 0 Å². The predicted octanol–water partition coefficient (Wildman–Crippen LogP) is 3.37. The molecule has 4 heteroatoms. The number of aliphatic hydroxyl groups is 1. The van der Waals surface area contributed by atoms with E-state index < -0.39 is 5.60 Å². The van der Waals surface area contributed by atoms with Gasteiger partial charge < -0.3 is 5.11 Å². The first-order valence-electron chi connectivity index (χ1n) is 8.02. The molecular formula is C16H29N3O. The highest BCUT2D eigenvalue weighted by Crippen LogP contribution is 2.35. The van der Waals surface area contributed by atoms with Crippen LogP contribution in [0.2, 0.25) is 0 Å². The van der Waals surface area contributed by atoms with E-state index in [4.69, 9.17) is 0 Å². The normalized spacial score (nSPS) is 28.1. The minimum absolute atomic E-state index is 0.297. The molecule has 2 unspecified atom stereocenters. The van der Waals surface area contributed by atoms with Gasteiger partial charge in [0.15, 0.2) is 0 Å². The van der Waals surface area contributed by atoms with E-state index in [1.807, 2.05) is 4.68 Å². The number of rotatable bonds is 4. The van der Waals surface area contributed by atoms with Crippen molar-refractivity contribution in [3.8, 4) is 0 Å². The molecule has 1 aliphatic rings. The van der Waals surface area contributed by atoms with E-state index in [0.717, 1.165) is 43.3 Å². The number of hydrogen-bond donors (Lipinski definition) is 1. The zero-order valence-corrected chi connectivity index (χ0v) is 13.3. The highest BCUT2D eigenvalue weighted by Gasteiger charge is 2.33. The molecule has 1 aliphatic carbocycles. The van der Waals surface area contributed by atoms with Gasteiger partial charge in [-0.3, -0.25) is 0 Å². The smallest absolute Gasteiger partial charge is 0.138 e. The van der Waals surface area contributed by atoms with Gasteiger partial charge in [-0.1, -0.05) is 26.7 Å². The second-order valence-electron chi connectivity index (χ2n) is 7.05. The fourth-order valence-corrected chi connectivity index (χ4v) is 3.39. The Morgan fingerprint density at radius 1 is 1.30 bits per heavy atom. The van der Waals surface area contributed by atoms with Crippen molar-refractivity contribution < 1.29 is 5.11 Å². The van der Waals surface area contributed by atoms with Crippen molar-refractivity contribution in [3.63, 3.8) is 0 Å². The molecule has 114 valence electrons. The lowest BCUT2D eigenvalue weighted by molar-refractivity contribution is 0.0206. The van der Waals surface area contributed by atoms with Crippen LogP contribution in [0.25, 0.3) is 0 Å². The molecule has 1 aromatic heterocycles. The number of hydrogen-bond acceptors (Lipinski definition) is 3. The first kappa shape index (κ1) is 15.5. The topological polar surface area (TPSA) is 50.9 Å². The SMILES string of the molecule is CC(C)C1CCCC(O)(Cc2ncnn2C(C)C)CC1. The van der Waals surface area contributed by atoms with Crippen molar-refractivity contribution in [2.75, 3.05) is 0 Å². The molecule has 0 aromatic carbocycles. The maximum Gasteiger partial charge on any atom is 0.138 e. The zero-order valence-electron chi connectivity index (χ0n) is 13.3. The van der Waals surface area contributed by atoms with E-state index in [1.54, 1.807) is 6.33 Å². The number of nitrogens with zero attached hydrogens (tertiary/aromatic N) is 3. The molecule has 2 rings (SSSR count). The molecule has 0 spiro atoms. The molecule has 1 saturated carbocycles. The summed E-state index contributed by atoms with van der Waals surface area (Å²) in [5.74, 6) is 2.40. The van der Waals surface area contributed by atoms with Gasteiger partial charge in [-0.15, -0.1) is 0 Å². The fourth-order valence-electron chi connectivity index (χ4n) is 3.39. The predicted molar refractivity (Wildman–Crippen MR) is 80.5 cm³/mol. The molecule has 0 saturated heterocycles. The lowest BCUT2D eigenvalue weighted by atomic mass is 9.86. The van der Waals surface area contributed by atoms with Gasteiger partial charge >= 0.3 is 0 Å². The highest BCUT2D eigenvalue weighted by molar-refractivity contribution is 4.97. The van der Waals surface area contributed by atoms with Crippen LogP contribution in [0.5, 0.6) is 0 Å². The quantitative estimate of drug-likeness (QED) is 0.860. The Labute approximate surface area is 122 Å². The third kappa shape index (κ3) is 3.60. The summed E-state index contributed by atoms with van der Waals surface area (Å²) in [6.07, 6.45) is 7.51. The van der Waals surface area contributed by atoms with Crippen molar-refractivity contribution in [2.45, 2.75) is 77.9 Å². The Hall–Kier alpha value is -0.900. The van der Waals surface area contributed by atoms with Gasteiger partial charge in [0.25, 0.3) is 0 Å². The monoisotopic (exact) mass is 279 g/mol. The van der Waals surface area contributed by atoms with Crippen LogP contribution in [0.3, 0.4) is 0 Å². The van der Waals surface area contributed by atoms with E-state index in [2.05, 4.69) is 37.8 Å². The average molecular weight is 279 g/mol. The third-order valence-corrected chi connectivity index (χ3v) is 4.76. The van der Waals surface area contributed by atoms with Gasteiger partial charge in [0.1, 0.15) is 12.2 Å². The van der Waals surface area contributed by atoms with Gasteiger partial charge in [0, 0.05) is 12.5 Å². The lowest BCUT2D eigenvalue weighted by Gasteiger charge is -2.27. The molecular weight excluding hydrogens is 250 g/mol. The van der Waals surface area contributed by atoms with E-state index in [1.165, 1.54) is 6.42 Å². The first-order chi connectivity index (χ1) is 9.41. The van der Waals surface area contributed by atoms with Crippen molar-refractivity contribution in [3.05, 3.63) is 12.2 Å². The zero-order chi connectivity index (χ0) is 14.8. The lowest BCUT2D eigenvalue weighted by Crippen LogP contribution is -2.32. The standard InChI is InChI=1S/C16H29N3O/c1-12(2)14-6-5-8-16(20,9-7-14)10-15-17-11-18-19(15)13(3)4/h11-14,20H,5-10H2,1-4H3. The summed E-state index contributed by atoms with van der Waals surface area (Å²) in [7, 11) is 0. The minimum Gasteiger partial charge on any atom is -0.389 e. The van der Waals surface area contributed by atoms with Crippen LogP contribution in [0.15, 0.2) is 6.33 Å². The van der Waals surface area contributed by atoms with Crippen LogP contribution in [0, 0.1) is 11.8 Å². The molecule has 1 N–H and O–H groups in total. The van der Waals surface area contributed by atoms with Crippen molar-refractivity contribution in [1.29, 1.82) is 0 Å². The van der Waals surface area contributed by atoms with Crippen molar-refractivity contribution in [2.24, 2.45) is 11.8 Å². The van der Waals surface area contributed by atoms with Crippen LogP contribution >= 0.6 is 0 Å². The molecule has 0 radical (unpaired) electrons. The Kier molecular flexibility index (Phi) is 4.84. The van der Waals surface area contributed by atoms with Gasteiger partial charge in [-0.25, -0.2) is 9.67 Å². The van der Waals surface area contributed by atoms with Crippen LogP contribution in [-0.4, -0.2) is 25.5 Å². The third-order valence-electron chi connectivity index (χ3n) is 4.76. The Morgan fingerprint density at radius 2 is 2.05 bits per heavy atom. The first-order valence-corrected chi connectivity index (χ1v) is 8.02. The second-order valence-corrected chi connectivity index (χ2v) is 7.05. The molecule has 1 aromatic rings. The van der Waals surface area contributed by atoms with Crippen molar-refractivity contribution >= 4 is 0 Å². The summed E-state index contributed by atoms with van der Waals surface area (Å²) in [6.45, 7) is 8.79. The van der Waals surface area contributed by atoms with E-state index in [0.29, 0.717) is 12.5 Å². The second kappa shape index (κ2) is 6.25. The van der Waals surface area contributed by atoms with Gasteiger partial charge in [0.2, 0.25) is 0 Å². The minimum atomic E-state index is -0.594. The summed E-state index contributed by atoms with van der Waals surface area (Å²) in [4.78, 5) is 4.35. The molecule has 20 heavy (non-hydrogen) atoms. The van der Waals surface area contributed by atoms with Crippen molar-refractivity contribution in [1.82, 2.24) is 14.8 Å². The largest absolute Gasteiger partial charge is 0.389 e. The average Bonchev–Trinajstić information content (AvgIpc) is 2.72. The summed E-state index contributed by atoms with van der Waals surface area (Å²) in [6, 6.07) is 0.297. The number of aromatic nitrogens is 3. The molecule has 1 fully saturated rings. The van der Waals surface area contributed by atoms with Crippen LogP contribution in [0.4, 0.5) is 0 Å². The fraction of sp³-hybridized carbons (Fsp3) is 0.875. The Morgan fingerprint density at radius 3 is 2.70 bits per heavy atom. The summed E-state index contributed by atoms with van der Waals surface area (Å²) in [5, 5.41) is 15.2.